The molecule has 0 aliphatic heterocycles. The molecule has 0 bridgehead atoms. The van der Waals surface area contributed by atoms with Crippen LogP contribution in [0.4, 0.5) is 0 Å². The van der Waals surface area contributed by atoms with Crippen molar-refractivity contribution in [1.82, 2.24) is 10.3 Å². The lowest BCUT2D eigenvalue weighted by molar-refractivity contribution is -0.122. The number of aryl methyl sites for hydroxylation is 1. The minimum atomic E-state index is -3.09. The molecule has 1 unspecified atom stereocenters. The van der Waals surface area contributed by atoms with E-state index in [4.69, 9.17) is 5.73 Å². The fraction of sp³-hybridized carbons (Fsp3) is 0.636. The lowest BCUT2D eigenvalue weighted by atomic mass is 10.2. The summed E-state index contributed by atoms with van der Waals surface area (Å²) in [6.07, 6.45) is 3.96. The largest absolute Gasteiger partial charge is 0.348 e. The first-order valence-corrected chi connectivity index (χ1v) is 8.84. The zero-order chi connectivity index (χ0) is 14.5. The lowest BCUT2D eigenvalue weighted by Gasteiger charge is -2.10. The molecule has 108 valence electrons. The average Bonchev–Trinajstić information content (AvgIpc) is 2.80. The van der Waals surface area contributed by atoms with E-state index in [0.717, 1.165) is 22.6 Å². The number of rotatable bonds is 7. The molecule has 1 aromatic heterocycles. The monoisotopic (exact) mass is 305 g/mol. The lowest BCUT2D eigenvalue weighted by Crippen LogP contribution is -2.41. The molecule has 19 heavy (non-hydrogen) atoms. The molecule has 8 heteroatoms. The van der Waals surface area contributed by atoms with Crippen LogP contribution in [0.3, 0.4) is 0 Å². The Hall–Kier alpha value is -0.990. The molecular formula is C11H19N3O3S2. The van der Waals surface area contributed by atoms with Gasteiger partial charge >= 0.3 is 0 Å². The maximum absolute atomic E-state index is 11.7. The Labute approximate surface area is 117 Å². The first kappa shape index (κ1) is 16.1. The van der Waals surface area contributed by atoms with Gasteiger partial charge in [0.1, 0.15) is 14.8 Å². The first-order valence-electron chi connectivity index (χ1n) is 5.96. The van der Waals surface area contributed by atoms with Gasteiger partial charge in [-0.05, 0) is 12.8 Å². The predicted octanol–water partition coefficient (Wildman–Crippen LogP) is 0.0837. The number of nitrogens with zero attached hydrogens (tertiary/aromatic N) is 1. The highest BCUT2D eigenvalue weighted by Crippen LogP contribution is 2.12. The molecule has 0 fully saturated rings. The molecule has 0 spiro atoms. The summed E-state index contributed by atoms with van der Waals surface area (Å²) < 4.78 is 22.0. The number of hydrogen-bond acceptors (Lipinski definition) is 6. The second kappa shape index (κ2) is 6.97. The fourth-order valence-corrected chi connectivity index (χ4v) is 2.84. The van der Waals surface area contributed by atoms with Crippen molar-refractivity contribution in [3.05, 3.63) is 16.1 Å². The molecule has 1 aromatic rings. The van der Waals surface area contributed by atoms with Crippen molar-refractivity contribution in [2.45, 2.75) is 32.4 Å². The van der Waals surface area contributed by atoms with Crippen molar-refractivity contribution < 1.29 is 13.2 Å². The van der Waals surface area contributed by atoms with Crippen LogP contribution >= 0.6 is 11.3 Å². The van der Waals surface area contributed by atoms with Crippen LogP contribution in [-0.2, 0) is 27.6 Å². The van der Waals surface area contributed by atoms with E-state index in [1.807, 2.05) is 6.92 Å². The Balaban J connectivity index is 2.38. The van der Waals surface area contributed by atoms with Crippen molar-refractivity contribution in [2.24, 2.45) is 5.73 Å². The molecule has 1 rings (SSSR count). The number of aromatic nitrogens is 1. The summed E-state index contributed by atoms with van der Waals surface area (Å²) in [7, 11) is -3.09. The van der Waals surface area contributed by atoms with E-state index in [-0.39, 0.29) is 18.1 Å². The number of amides is 1. The van der Waals surface area contributed by atoms with E-state index >= 15 is 0 Å². The standard InChI is InChI=1S/C11H19N3O3S2/c1-3-8-6-13-10(18-8)7-14-11(15)9(12)4-5-19(2,16)17/h6,9H,3-5,7,12H2,1-2H3,(H,14,15). The van der Waals surface area contributed by atoms with Gasteiger partial charge in [-0.3, -0.25) is 4.79 Å². The summed E-state index contributed by atoms with van der Waals surface area (Å²) in [6.45, 7) is 2.37. The fourth-order valence-electron chi connectivity index (χ4n) is 1.36. The van der Waals surface area contributed by atoms with Crippen molar-refractivity contribution in [3.8, 4) is 0 Å². The van der Waals surface area contributed by atoms with Crippen LogP contribution in [0.2, 0.25) is 0 Å². The Morgan fingerprint density at radius 1 is 1.58 bits per heavy atom. The smallest absolute Gasteiger partial charge is 0.237 e. The third kappa shape index (κ3) is 6.13. The molecule has 1 amide bonds. The van der Waals surface area contributed by atoms with Gasteiger partial charge in [-0.15, -0.1) is 11.3 Å². The maximum Gasteiger partial charge on any atom is 0.237 e. The molecular weight excluding hydrogens is 286 g/mol. The van der Waals surface area contributed by atoms with Crippen LogP contribution in [0, 0.1) is 0 Å². The Morgan fingerprint density at radius 2 is 2.26 bits per heavy atom. The van der Waals surface area contributed by atoms with Crippen LogP contribution in [0.5, 0.6) is 0 Å². The van der Waals surface area contributed by atoms with Crippen LogP contribution < -0.4 is 11.1 Å². The third-order valence-corrected chi connectivity index (χ3v) is 4.62. The van der Waals surface area contributed by atoms with Gasteiger partial charge in [-0.2, -0.15) is 0 Å². The zero-order valence-electron chi connectivity index (χ0n) is 11.0. The molecule has 1 atom stereocenters. The summed E-state index contributed by atoms with van der Waals surface area (Å²) >= 11 is 1.54. The summed E-state index contributed by atoms with van der Waals surface area (Å²) in [5.74, 6) is -0.435. The number of nitrogens with one attached hydrogen (secondary N) is 1. The molecule has 0 radical (unpaired) electrons. The highest BCUT2D eigenvalue weighted by atomic mass is 32.2. The highest BCUT2D eigenvalue weighted by Gasteiger charge is 2.16. The van der Waals surface area contributed by atoms with Crippen molar-refractivity contribution >= 4 is 27.1 Å². The summed E-state index contributed by atoms with van der Waals surface area (Å²) in [4.78, 5) is 17.0. The Kier molecular flexibility index (Phi) is 5.89. The van der Waals surface area contributed by atoms with Gasteiger partial charge in [-0.1, -0.05) is 6.92 Å². The summed E-state index contributed by atoms with van der Waals surface area (Å²) in [5.41, 5.74) is 5.63. The van der Waals surface area contributed by atoms with E-state index in [0.29, 0.717) is 6.54 Å². The summed E-state index contributed by atoms with van der Waals surface area (Å²) in [5, 5.41) is 3.48. The minimum Gasteiger partial charge on any atom is -0.348 e. The molecule has 0 aliphatic rings. The molecule has 0 aromatic carbocycles. The topological polar surface area (TPSA) is 102 Å². The predicted molar refractivity (Wildman–Crippen MR) is 75.6 cm³/mol. The number of nitrogens with two attached hydrogens (primary N) is 1. The van der Waals surface area contributed by atoms with E-state index in [1.165, 1.54) is 0 Å². The third-order valence-electron chi connectivity index (χ3n) is 2.50. The Bertz CT molecular complexity index is 525. The number of carbonyl (C=O) groups is 1. The highest BCUT2D eigenvalue weighted by molar-refractivity contribution is 7.90. The first-order chi connectivity index (χ1) is 8.81. The molecule has 0 aliphatic carbocycles. The van der Waals surface area contributed by atoms with Crippen molar-refractivity contribution in [1.29, 1.82) is 0 Å². The van der Waals surface area contributed by atoms with Gasteiger partial charge in [0.15, 0.2) is 0 Å². The van der Waals surface area contributed by atoms with Gasteiger partial charge in [0.25, 0.3) is 0 Å². The van der Waals surface area contributed by atoms with Crippen molar-refractivity contribution in [3.63, 3.8) is 0 Å². The number of thiazole rings is 1. The van der Waals surface area contributed by atoms with E-state index in [9.17, 15) is 13.2 Å². The second-order valence-electron chi connectivity index (χ2n) is 4.32. The minimum absolute atomic E-state index is 0.0845. The van der Waals surface area contributed by atoms with E-state index in [1.54, 1.807) is 17.5 Å². The number of carbonyl (C=O) groups excluding carboxylic acids is 1. The van der Waals surface area contributed by atoms with Crippen molar-refractivity contribution in [2.75, 3.05) is 12.0 Å². The van der Waals surface area contributed by atoms with Gasteiger partial charge in [0, 0.05) is 17.3 Å². The van der Waals surface area contributed by atoms with Gasteiger partial charge in [-0.25, -0.2) is 13.4 Å². The number of sulfone groups is 1. The normalized spacial score (nSPS) is 13.2. The maximum atomic E-state index is 11.7. The molecule has 0 saturated carbocycles. The van der Waals surface area contributed by atoms with Gasteiger partial charge in [0.05, 0.1) is 18.3 Å². The van der Waals surface area contributed by atoms with Crippen LogP contribution in [0.15, 0.2) is 6.20 Å². The second-order valence-corrected chi connectivity index (χ2v) is 7.78. The quantitative estimate of drug-likeness (QED) is 0.743. The van der Waals surface area contributed by atoms with Gasteiger partial charge < -0.3 is 11.1 Å². The average molecular weight is 305 g/mol. The molecule has 0 saturated heterocycles. The van der Waals surface area contributed by atoms with Gasteiger partial charge in [0.2, 0.25) is 5.91 Å². The van der Waals surface area contributed by atoms with Crippen LogP contribution in [0.1, 0.15) is 23.2 Å². The SMILES string of the molecule is CCc1cnc(CNC(=O)C(N)CCS(C)(=O)=O)s1. The molecule has 1 heterocycles. The van der Waals surface area contributed by atoms with Crippen LogP contribution in [-0.4, -0.2) is 37.4 Å². The number of hydrogen-bond donors (Lipinski definition) is 2. The van der Waals surface area contributed by atoms with E-state index in [2.05, 4.69) is 10.3 Å². The summed E-state index contributed by atoms with van der Waals surface area (Å²) in [6, 6.07) is -0.805. The van der Waals surface area contributed by atoms with E-state index < -0.39 is 15.9 Å². The molecule has 6 nitrogen and oxygen atoms in total. The molecule has 3 N–H and O–H groups in total. The van der Waals surface area contributed by atoms with Crippen LogP contribution in [0.25, 0.3) is 0 Å². The zero-order valence-corrected chi connectivity index (χ0v) is 12.7. The Morgan fingerprint density at radius 3 is 2.79 bits per heavy atom.